The highest BCUT2D eigenvalue weighted by atomic mass is 32.2. The summed E-state index contributed by atoms with van der Waals surface area (Å²) >= 11 is 1.73. The maximum absolute atomic E-state index is 12.9. The van der Waals surface area contributed by atoms with E-state index in [4.69, 9.17) is 4.28 Å². The largest absolute Gasteiger partial charge is 0.342 e. The molecule has 4 nitrogen and oxygen atoms in total. The molecule has 24 heavy (non-hydrogen) atoms. The Labute approximate surface area is 150 Å². The Morgan fingerprint density at radius 1 is 1.08 bits per heavy atom. The van der Waals surface area contributed by atoms with Crippen molar-refractivity contribution < 1.29 is 17.3 Å². The molecule has 1 aromatic carbocycles. The molecule has 0 radical (unpaired) electrons. The summed E-state index contributed by atoms with van der Waals surface area (Å²) in [6.45, 7) is 1.95. The monoisotopic (exact) mass is 370 g/mol. The number of hydroxylamine groups is 3. The highest BCUT2D eigenvalue weighted by Gasteiger charge is 2.53. The van der Waals surface area contributed by atoms with Gasteiger partial charge in [-0.1, -0.05) is 40.2 Å². The summed E-state index contributed by atoms with van der Waals surface area (Å²) in [6.07, 6.45) is 8.96. The number of piperidine rings is 1. The van der Waals surface area contributed by atoms with Crippen LogP contribution >= 0.6 is 11.8 Å². The average Bonchev–Trinajstić information content (AvgIpc) is 2.55. The molecule has 4 unspecified atom stereocenters. The van der Waals surface area contributed by atoms with Crippen LogP contribution in [-0.4, -0.2) is 37.8 Å². The van der Waals surface area contributed by atoms with Crippen LogP contribution in [0.3, 0.4) is 0 Å². The number of thioether (sulfide) groups is 1. The van der Waals surface area contributed by atoms with E-state index in [9.17, 15) is 8.42 Å². The normalized spacial score (nSPS) is 33.9. The van der Waals surface area contributed by atoms with Crippen molar-refractivity contribution >= 4 is 21.9 Å². The van der Waals surface area contributed by atoms with E-state index in [1.165, 1.54) is 25.7 Å². The van der Waals surface area contributed by atoms with Gasteiger partial charge in [-0.05, 0) is 44.6 Å². The molecule has 2 fully saturated rings. The molecule has 0 aromatic heterocycles. The van der Waals surface area contributed by atoms with Crippen molar-refractivity contribution in [1.82, 2.24) is 0 Å². The third-order valence-electron chi connectivity index (χ3n) is 5.72. The lowest BCUT2D eigenvalue weighted by Crippen LogP contribution is -2.63. The van der Waals surface area contributed by atoms with Crippen LogP contribution in [0.25, 0.3) is 0 Å². The molecule has 2 aliphatic rings. The van der Waals surface area contributed by atoms with Crippen LogP contribution in [0.5, 0.6) is 0 Å². The van der Waals surface area contributed by atoms with E-state index in [0.717, 1.165) is 18.4 Å². The first kappa shape index (κ1) is 18.2. The molecule has 1 aromatic rings. The lowest BCUT2D eigenvalue weighted by Gasteiger charge is -2.50. The number of hydrogen-bond acceptors (Lipinski definition) is 4. The van der Waals surface area contributed by atoms with Gasteiger partial charge in [-0.3, -0.25) is 0 Å². The molecular formula is C18H28NO3S2+. The van der Waals surface area contributed by atoms with Crippen LogP contribution in [0, 0.1) is 12.8 Å². The summed E-state index contributed by atoms with van der Waals surface area (Å²) < 4.78 is 32.0. The van der Waals surface area contributed by atoms with Gasteiger partial charge in [0.2, 0.25) is 0 Å². The number of fused-ring (bicyclic) bond motifs is 1. The summed E-state index contributed by atoms with van der Waals surface area (Å²) in [5, 5.41) is 0.171. The molecule has 1 saturated heterocycles. The van der Waals surface area contributed by atoms with E-state index in [-0.39, 0.29) is 21.0 Å². The fourth-order valence-corrected chi connectivity index (χ4v) is 6.65. The zero-order valence-electron chi connectivity index (χ0n) is 14.8. The minimum absolute atomic E-state index is 0.171. The first-order chi connectivity index (χ1) is 11.4. The standard InChI is InChI=1S/C18H28NO3S2/c1-14-8-11-16(12-9-14)24(20,21)22-19(2)17-7-5-4-6-15(17)10-13-18(19)23-3/h8-9,11-12,15,17-18H,4-7,10,13H2,1-3H3/q+1. The smallest absolute Gasteiger partial charge is 0.189 e. The van der Waals surface area contributed by atoms with Crippen molar-refractivity contribution in [1.29, 1.82) is 0 Å². The van der Waals surface area contributed by atoms with E-state index < -0.39 is 10.1 Å². The Morgan fingerprint density at radius 2 is 1.75 bits per heavy atom. The zero-order valence-corrected chi connectivity index (χ0v) is 16.4. The number of likely N-dealkylation sites (tertiary alicyclic amines) is 1. The minimum Gasteiger partial charge on any atom is -0.189 e. The van der Waals surface area contributed by atoms with Crippen molar-refractivity contribution in [3.05, 3.63) is 29.8 Å². The number of rotatable bonds is 4. The van der Waals surface area contributed by atoms with Crippen LogP contribution in [0.4, 0.5) is 0 Å². The molecule has 1 saturated carbocycles. The van der Waals surface area contributed by atoms with Crippen LogP contribution < -0.4 is 0 Å². The molecule has 0 N–H and O–H groups in total. The first-order valence-electron chi connectivity index (χ1n) is 8.78. The topological polar surface area (TPSA) is 43.4 Å². The van der Waals surface area contributed by atoms with Gasteiger partial charge in [-0.2, -0.15) is 8.42 Å². The van der Waals surface area contributed by atoms with Crippen molar-refractivity contribution in [3.8, 4) is 0 Å². The highest BCUT2D eigenvalue weighted by Crippen LogP contribution is 2.45. The van der Waals surface area contributed by atoms with E-state index in [1.54, 1.807) is 23.9 Å². The van der Waals surface area contributed by atoms with Gasteiger partial charge in [0.1, 0.15) is 13.1 Å². The van der Waals surface area contributed by atoms with Gasteiger partial charge in [0.15, 0.2) is 5.37 Å². The van der Waals surface area contributed by atoms with Gasteiger partial charge in [-0.15, -0.1) is 4.65 Å². The molecule has 0 bridgehead atoms. The summed E-state index contributed by atoms with van der Waals surface area (Å²) in [4.78, 5) is 0.255. The van der Waals surface area contributed by atoms with Gasteiger partial charge in [0.25, 0.3) is 0 Å². The predicted molar refractivity (Wildman–Crippen MR) is 97.9 cm³/mol. The van der Waals surface area contributed by atoms with E-state index in [1.807, 2.05) is 26.1 Å². The molecule has 0 spiro atoms. The Kier molecular flexibility index (Phi) is 5.30. The molecule has 6 heteroatoms. The summed E-state index contributed by atoms with van der Waals surface area (Å²) in [6, 6.07) is 7.22. The van der Waals surface area contributed by atoms with E-state index in [0.29, 0.717) is 5.92 Å². The second-order valence-corrected chi connectivity index (χ2v) is 9.82. The van der Waals surface area contributed by atoms with Gasteiger partial charge < -0.3 is 0 Å². The van der Waals surface area contributed by atoms with Crippen molar-refractivity contribution in [3.63, 3.8) is 0 Å². The molecular weight excluding hydrogens is 342 g/mol. The van der Waals surface area contributed by atoms with Crippen LogP contribution in [-0.2, 0) is 14.4 Å². The van der Waals surface area contributed by atoms with Gasteiger partial charge in [-0.25, -0.2) is 0 Å². The molecule has 134 valence electrons. The minimum atomic E-state index is -3.77. The quantitative estimate of drug-likeness (QED) is 0.748. The van der Waals surface area contributed by atoms with Crippen molar-refractivity contribution in [2.75, 3.05) is 13.3 Å². The molecule has 4 atom stereocenters. The lowest BCUT2D eigenvalue weighted by atomic mass is 9.78. The SMILES string of the molecule is CSC1CCC2CCCCC2[N+]1(C)OS(=O)(=O)c1ccc(C)cc1. The summed E-state index contributed by atoms with van der Waals surface area (Å²) in [5.74, 6) is 0.584. The summed E-state index contributed by atoms with van der Waals surface area (Å²) in [5.41, 5.74) is 1.04. The highest BCUT2D eigenvalue weighted by molar-refractivity contribution is 7.99. The summed E-state index contributed by atoms with van der Waals surface area (Å²) in [7, 11) is -1.79. The molecule has 1 heterocycles. The molecule has 1 aliphatic heterocycles. The lowest BCUT2D eigenvalue weighted by molar-refractivity contribution is -1.10. The fraction of sp³-hybridized carbons (Fsp3) is 0.667. The maximum atomic E-state index is 12.9. The Hall–Kier alpha value is -0.560. The second kappa shape index (κ2) is 6.98. The molecule has 3 rings (SSSR count). The number of aryl methyl sites for hydroxylation is 1. The number of hydrogen-bond donors (Lipinski definition) is 0. The van der Waals surface area contributed by atoms with Crippen LogP contribution in [0.2, 0.25) is 0 Å². The van der Waals surface area contributed by atoms with Crippen molar-refractivity contribution in [2.45, 2.75) is 61.8 Å². The maximum Gasteiger partial charge on any atom is 0.342 e. The zero-order chi connectivity index (χ0) is 17.4. The third kappa shape index (κ3) is 3.39. The van der Waals surface area contributed by atoms with Gasteiger partial charge in [0.05, 0.1) is 4.90 Å². The first-order valence-corrected chi connectivity index (χ1v) is 11.5. The second-order valence-electron chi connectivity index (χ2n) is 7.28. The predicted octanol–water partition coefficient (Wildman–Crippen LogP) is 4.10. The molecule has 0 amide bonds. The van der Waals surface area contributed by atoms with Crippen LogP contribution in [0.15, 0.2) is 29.2 Å². The Bertz CT molecular complexity index is 674. The van der Waals surface area contributed by atoms with Gasteiger partial charge >= 0.3 is 10.1 Å². The Morgan fingerprint density at radius 3 is 2.42 bits per heavy atom. The van der Waals surface area contributed by atoms with Gasteiger partial charge in [0, 0.05) is 18.8 Å². The number of benzene rings is 1. The third-order valence-corrected chi connectivity index (χ3v) is 8.29. The number of nitrogens with zero attached hydrogens (tertiary/aromatic N) is 1. The van der Waals surface area contributed by atoms with E-state index in [2.05, 4.69) is 6.26 Å². The van der Waals surface area contributed by atoms with E-state index >= 15 is 0 Å². The number of quaternary nitrogens is 1. The van der Waals surface area contributed by atoms with Crippen LogP contribution in [0.1, 0.15) is 44.1 Å². The Balaban J connectivity index is 1.92. The molecule has 1 aliphatic carbocycles. The average molecular weight is 371 g/mol. The van der Waals surface area contributed by atoms with Crippen molar-refractivity contribution in [2.24, 2.45) is 5.92 Å². The fourth-order valence-electron chi connectivity index (χ4n) is 4.42.